The number of piperidine rings is 1. The summed E-state index contributed by atoms with van der Waals surface area (Å²) < 4.78 is 0. The molecule has 1 aromatic carbocycles. The second kappa shape index (κ2) is 7.45. The van der Waals surface area contributed by atoms with Crippen LogP contribution in [-0.4, -0.2) is 36.8 Å². The number of para-hydroxylation sites is 1. The fraction of sp³-hybridized carbons (Fsp3) is 0.500. The van der Waals surface area contributed by atoms with E-state index in [0.29, 0.717) is 23.2 Å². The van der Waals surface area contributed by atoms with Gasteiger partial charge >= 0.3 is 0 Å². The molecule has 0 radical (unpaired) electrons. The Labute approximate surface area is 133 Å². The zero-order valence-electron chi connectivity index (χ0n) is 13.7. The molecule has 1 fully saturated rings. The fourth-order valence-electron chi connectivity index (χ4n) is 3.38. The molecule has 1 saturated heterocycles. The van der Waals surface area contributed by atoms with Crippen LogP contribution in [0.2, 0.25) is 0 Å². The summed E-state index contributed by atoms with van der Waals surface area (Å²) in [6.07, 6.45) is 1.76. The molecule has 4 nitrogen and oxygen atoms in total. The van der Waals surface area contributed by atoms with Gasteiger partial charge < -0.3 is 21.4 Å². The lowest BCUT2D eigenvalue weighted by molar-refractivity contribution is 0.106. The number of nitrogens with one attached hydrogen (secondary N) is 2. The molecular weight excluding hydrogens is 272 g/mol. The monoisotopic (exact) mass is 300 g/mol. The number of anilines is 1. The zero-order valence-corrected chi connectivity index (χ0v) is 13.7. The van der Waals surface area contributed by atoms with Gasteiger partial charge in [-0.25, -0.2) is 0 Å². The topological polar surface area (TPSA) is 65.1 Å². The highest BCUT2D eigenvalue weighted by Gasteiger charge is 2.36. The minimum Gasteiger partial charge on any atom is -0.398 e. The van der Waals surface area contributed by atoms with E-state index < -0.39 is 0 Å². The molecule has 0 aliphatic carbocycles. The lowest BCUT2D eigenvalue weighted by Crippen LogP contribution is -2.50. The zero-order chi connectivity index (χ0) is 16.1. The van der Waals surface area contributed by atoms with E-state index in [-0.39, 0.29) is 5.92 Å². The van der Waals surface area contributed by atoms with E-state index in [1.54, 1.807) is 6.20 Å². The summed E-state index contributed by atoms with van der Waals surface area (Å²) in [5.41, 5.74) is 8.33. The Kier molecular flexibility index (Phi) is 5.61. The number of hydrogen-bond acceptors (Lipinski definition) is 4. The van der Waals surface area contributed by atoms with Crippen molar-refractivity contribution in [1.82, 2.24) is 10.2 Å². The molecule has 4 N–H and O–H groups in total. The molecule has 120 valence electrons. The Morgan fingerprint density at radius 1 is 1.45 bits per heavy atom. The van der Waals surface area contributed by atoms with Crippen molar-refractivity contribution in [3.8, 4) is 0 Å². The molecule has 2 rings (SSSR count). The average molecular weight is 300 g/mol. The third-order valence-corrected chi connectivity index (χ3v) is 4.92. The smallest absolute Gasteiger partial charge is 0.0453 e. The Morgan fingerprint density at radius 2 is 2.18 bits per heavy atom. The van der Waals surface area contributed by atoms with Crippen molar-refractivity contribution in [2.45, 2.75) is 13.8 Å². The van der Waals surface area contributed by atoms with Gasteiger partial charge in [0.2, 0.25) is 0 Å². The van der Waals surface area contributed by atoms with E-state index in [4.69, 9.17) is 11.1 Å². The second-order valence-electron chi connectivity index (χ2n) is 6.19. The van der Waals surface area contributed by atoms with Crippen LogP contribution < -0.4 is 11.1 Å². The lowest BCUT2D eigenvalue weighted by atomic mass is 9.75. The molecule has 1 aromatic rings. The molecule has 0 saturated carbocycles. The van der Waals surface area contributed by atoms with E-state index in [2.05, 4.69) is 30.6 Å². The first kappa shape index (κ1) is 16.6. The average Bonchev–Trinajstić information content (AvgIpc) is 2.53. The first-order valence-electron chi connectivity index (χ1n) is 8.08. The van der Waals surface area contributed by atoms with E-state index in [1.165, 1.54) is 0 Å². The quantitative estimate of drug-likeness (QED) is 0.559. The van der Waals surface area contributed by atoms with Gasteiger partial charge in [0, 0.05) is 42.5 Å². The van der Waals surface area contributed by atoms with Crippen LogP contribution in [0, 0.1) is 23.2 Å². The summed E-state index contributed by atoms with van der Waals surface area (Å²) in [7, 11) is 0. The van der Waals surface area contributed by atoms with Crippen LogP contribution in [0.4, 0.5) is 5.69 Å². The van der Waals surface area contributed by atoms with Gasteiger partial charge in [0.05, 0.1) is 0 Å². The molecule has 3 atom stereocenters. The highest BCUT2D eigenvalue weighted by Crippen LogP contribution is 2.31. The number of rotatable bonds is 6. The molecule has 4 heteroatoms. The summed E-state index contributed by atoms with van der Waals surface area (Å²) in [5.74, 6) is 1.18. The van der Waals surface area contributed by atoms with E-state index >= 15 is 0 Å². The number of hydrogen-bond donors (Lipinski definition) is 3. The molecular formula is C18H28N4. The lowest BCUT2D eigenvalue weighted by Gasteiger charge is -2.42. The summed E-state index contributed by atoms with van der Waals surface area (Å²) in [6, 6.07) is 7.73. The van der Waals surface area contributed by atoms with Crippen molar-refractivity contribution < 1.29 is 0 Å². The maximum absolute atomic E-state index is 8.68. The fourth-order valence-corrected chi connectivity index (χ4v) is 3.38. The maximum atomic E-state index is 8.68. The van der Waals surface area contributed by atoms with Crippen LogP contribution in [0.15, 0.2) is 37.0 Å². The van der Waals surface area contributed by atoms with Gasteiger partial charge in [-0.15, -0.1) is 0 Å². The van der Waals surface area contributed by atoms with Gasteiger partial charge in [-0.05, 0) is 30.6 Å². The first-order valence-corrected chi connectivity index (χ1v) is 8.08. The first-order chi connectivity index (χ1) is 10.6. The van der Waals surface area contributed by atoms with Gasteiger partial charge in [0.1, 0.15) is 0 Å². The summed E-state index contributed by atoms with van der Waals surface area (Å²) >= 11 is 0. The molecule has 0 bridgehead atoms. The molecule has 22 heavy (non-hydrogen) atoms. The van der Waals surface area contributed by atoms with Crippen LogP contribution in [-0.2, 0) is 0 Å². The highest BCUT2D eigenvalue weighted by molar-refractivity contribution is 6.04. The van der Waals surface area contributed by atoms with Gasteiger partial charge in [0.25, 0.3) is 0 Å². The van der Waals surface area contributed by atoms with E-state index in [9.17, 15) is 0 Å². The molecule has 1 heterocycles. The Morgan fingerprint density at radius 3 is 2.82 bits per heavy atom. The SMILES string of the molecule is C=CNCC1CN(CC)CC(C(=N)c2ccccc2N)C1C. The van der Waals surface area contributed by atoms with E-state index in [1.807, 2.05) is 24.3 Å². The van der Waals surface area contributed by atoms with Crippen molar-refractivity contribution in [3.05, 3.63) is 42.6 Å². The van der Waals surface area contributed by atoms with Crippen molar-refractivity contribution >= 4 is 11.4 Å². The molecule has 1 aliphatic heterocycles. The number of nitrogens with two attached hydrogens (primary N) is 1. The molecule has 0 spiro atoms. The normalized spacial score (nSPS) is 25.6. The Hall–Kier alpha value is -1.81. The maximum Gasteiger partial charge on any atom is 0.0453 e. The standard InChI is InChI=1S/C18H28N4/c1-4-21-10-14-11-22(5-2)12-16(13(14)3)18(20)15-8-6-7-9-17(15)19/h4,6-9,13-14,16,20-21H,1,5,10-12,19H2,2-3H3. The van der Waals surface area contributed by atoms with Crippen LogP contribution in [0.1, 0.15) is 19.4 Å². The number of nitrogens with zero attached hydrogens (tertiary/aromatic N) is 1. The highest BCUT2D eigenvalue weighted by atomic mass is 15.1. The predicted octanol–water partition coefficient (Wildman–Crippen LogP) is 2.57. The molecule has 0 amide bonds. The van der Waals surface area contributed by atoms with Gasteiger partial charge in [-0.3, -0.25) is 0 Å². The predicted molar refractivity (Wildman–Crippen MR) is 94.1 cm³/mol. The van der Waals surface area contributed by atoms with Crippen LogP contribution >= 0.6 is 0 Å². The Bertz CT molecular complexity index is 526. The second-order valence-corrected chi connectivity index (χ2v) is 6.19. The van der Waals surface area contributed by atoms with Gasteiger partial charge in [-0.2, -0.15) is 0 Å². The number of benzene rings is 1. The summed E-state index contributed by atoms with van der Waals surface area (Å²) in [4.78, 5) is 2.44. The Balaban J connectivity index is 2.21. The van der Waals surface area contributed by atoms with Crippen molar-refractivity contribution in [2.24, 2.45) is 17.8 Å². The minimum absolute atomic E-state index is 0.218. The molecule has 3 unspecified atom stereocenters. The van der Waals surface area contributed by atoms with Gasteiger partial charge in [-0.1, -0.05) is 38.6 Å². The van der Waals surface area contributed by atoms with Crippen LogP contribution in [0.25, 0.3) is 0 Å². The third-order valence-electron chi connectivity index (χ3n) is 4.92. The van der Waals surface area contributed by atoms with Crippen molar-refractivity contribution in [3.63, 3.8) is 0 Å². The van der Waals surface area contributed by atoms with Gasteiger partial charge in [0.15, 0.2) is 0 Å². The largest absolute Gasteiger partial charge is 0.398 e. The molecule has 0 aromatic heterocycles. The van der Waals surface area contributed by atoms with Crippen LogP contribution in [0.3, 0.4) is 0 Å². The van der Waals surface area contributed by atoms with Crippen LogP contribution in [0.5, 0.6) is 0 Å². The summed E-state index contributed by atoms with van der Waals surface area (Å²) in [6.45, 7) is 12.1. The molecule has 1 aliphatic rings. The summed E-state index contributed by atoms with van der Waals surface area (Å²) in [5, 5.41) is 11.9. The van der Waals surface area contributed by atoms with Crippen molar-refractivity contribution in [2.75, 3.05) is 31.9 Å². The number of nitrogen functional groups attached to an aromatic ring is 1. The third kappa shape index (κ3) is 3.50. The number of likely N-dealkylation sites (tertiary alicyclic amines) is 1. The van der Waals surface area contributed by atoms with Crippen molar-refractivity contribution in [1.29, 1.82) is 5.41 Å². The minimum atomic E-state index is 0.218. The van der Waals surface area contributed by atoms with E-state index in [0.717, 1.165) is 31.7 Å².